The second-order valence-corrected chi connectivity index (χ2v) is 4.53. The van der Waals surface area contributed by atoms with Crippen molar-refractivity contribution < 1.29 is 19.2 Å². The average molecular weight is 354 g/mol. The molecule has 0 radical (unpaired) electrons. The lowest BCUT2D eigenvalue weighted by Crippen LogP contribution is -2.05. The normalized spacial score (nSPS) is 10.0. The van der Waals surface area contributed by atoms with Crippen LogP contribution in [0.25, 0.3) is 0 Å². The van der Waals surface area contributed by atoms with E-state index in [1.807, 2.05) is 0 Å². The number of nitrogens with zero attached hydrogens (tertiary/aromatic N) is 3. The maximum atomic E-state index is 11.2. The van der Waals surface area contributed by atoms with Gasteiger partial charge in [-0.3, -0.25) is 10.1 Å². The number of aromatic nitrogens is 2. The number of rotatable bonds is 4. The lowest BCUT2D eigenvalue weighted by atomic mass is 10.3. The van der Waals surface area contributed by atoms with Gasteiger partial charge in [0.25, 0.3) is 0 Å². The van der Waals surface area contributed by atoms with Crippen LogP contribution in [0.5, 0.6) is 11.6 Å². The molecule has 2 rings (SSSR count). The molecule has 0 bridgehead atoms. The highest BCUT2D eigenvalue weighted by molar-refractivity contribution is 9.10. The molecule has 0 aliphatic carbocycles. The van der Waals surface area contributed by atoms with Crippen LogP contribution in [-0.2, 0) is 4.74 Å². The zero-order valence-corrected chi connectivity index (χ0v) is 12.2. The third-order valence-electron chi connectivity index (χ3n) is 2.37. The van der Waals surface area contributed by atoms with Crippen molar-refractivity contribution in [1.29, 1.82) is 0 Å². The summed E-state index contributed by atoms with van der Waals surface area (Å²) in [6.45, 7) is 0. The molecule has 0 aliphatic rings. The number of carbonyl (C=O) groups is 1. The molecule has 0 fully saturated rings. The lowest BCUT2D eigenvalue weighted by Gasteiger charge is -2.07. The third kappa shape index (κ3) is 3.31. The summed E-state index contributed by atoms with van der Waals surface area (Å²) in [5, 5.41) is 11.0. The highest BCUT2D eigenvalue weighted by Gasteiger charge is 2.19. The Hall–Kier alpha value is -2.55. The molecule has 0 unspecified atom stereocenters. The number of para-hydroxylation sites is 1. The van der Waals surface area contributed by atoms with Gasteiger partial charge in [-0.05, 0) is 22.0 Å². The first-order chi connectivity index (χ1) is 10.0. The fourth-order valence-corrected chi connectivity index (χ4v) is 1.86. The van der Waals surface area contributed by atoms with Gasteiger partial charge < -0.3 is 9.47 Å². The first-order valence-electron chi connectivity index (χ1n) is 5.54. The summed E-state index contributed by atoms with van der Waals surface area (Å²) < 4.78 is 10.2. The van der Waals surface area contributed by atoms with Crippen LogP contribution in [0, 0.1) is 10.1 Å². The predicted octanol–water partition coefficient (Wildman–Crippen LogP) is 2.73. The number of carbonyl (C=O) groups excluding carboxylic acids is 1. The van der Waals surface area contributed by atoms with Crippen molar-refractivity contribution in [1.82, 2.24) is 9.97 Å². The van der Waals surface area contributed by atoms with E-state index in [0.29, 0.717) is 4.47 Å². The molecule has 0 saturated heterocycles. The Morgan fingerprint density at radius 1 is 1.33 bits per heavy atom. The van der Waals surface area contributed by atoms with E-state index in [1.165, 1.54) is 25.4 Å². The van der Waals surface area contributed by atoms with Crippen molar-refractivity contribution in [2.45, 2.75) is 0 Å². The number of nitro groups is 1. The fraction of sp³-hybridized carbons (Fsp3) is 0.0833. The largest absolute Gasteiger partial charge is 0.464 e. The quantitative estimate of drug-likeness (QED) is 0.472. The van der Waals surface area contributed by atoms with E-state index in [-0.39, 0.29) is 23.0 Å². The van der Waals surface area contributed by atoms with E-state index in [1.54, 1.807) is 6.07 Å². The van der Waals surface area contributed by atoms with Crippen molar-refractivity contribution in [2.24, 2.45) is 0 Å². The standard InChI is InChI=1S/C12H8BrN3O5/c1-20-12(17)8-5-15-10(6-14-8)21-11-7(13)3-2-4-9(11)16(18)19/h2-6H,1H3. The summed E-state index contributed by atoms with van der Waals surface area (Å²) in [7, 11) is 1.22. The summed E-state index contributed by atoms with van der Waals surface area (Å²) in [6.07, 6.45) is 2.33. The Morgan fingerprint density at radius 2 is 2.10 bits per heavy atom. The summed E-state index contributed by atoms with van der Waals surface area (Å²) in [5.41, 5.74) is -0.213. The molecular weight excluding hydrogens is 346 g/mol. The van der Waals surface area contributed by atoms with Gasteiger partial charge in [-0.25, -0.2) is 14.8 Å². The van der Waals surface area contributed by atoms with E-state index in [2.05, 4.69) is 30.6 Å². The molecule has 9 heteroatoms. The van der Waals surface area contributed by atoms with E-state index in [4.69, 9.17) is 4.74 Å². The van der Waals surface area contributed by atoms with Crippen LogP contribution in [-0.4, -0.2) is 28.0 Å². The number of ether oxygens (including phenoxy) is 2. The molecule has 2 aromatic rings. The molecule has 0 N–H and O–H groups in total. The molecule has 108 valence electrons. The maximum absolute atomic E-state index is 11.2. The van der Waals surface area contributed by atoms with E-state index in [9.17, 15) is 14.9 Å². The van der Waals surface area contributed by atoms with Gasteiger partial charge >= 0.3 is 11.7 Å². The van der Waals surface area contributed by atoms with Crippen molar-refractivity contribution in [3.63, 3.8) is 0 Å². The van der Waals surface area contributed by atoms with Crippen LogP contribution in [0.3, 0.4) is 0 Å². The van der Waals surface area contributed by atoms with E-state index >= 15 is 0 Å². The van der Waals surface area contributed by atoms with Crippen molar-refractivity contribution >= 4 is 27.6 Å². The van der Waals surface area contributed by atoms with Crippen LogP contribution in [0.1, 0.15) is 10.5 Å². The van der Waals surface area contributed by atoms with Gasteiger partial charge in [0.15, 0.2) is 5.69 Å². The van der Waals surface area contributed by atoms with Gasteiger partial charge in [0.05, 0.1) is 28.9 Å². The summed E-state index contributed by atoms with van der Waals surface area (Å²) in [6, 6.07) is 4.41. The van der Waals surface area contributed by atoms with Gasteiger partial charge in [0.1, 0.15) is 0 Å². The molecule has 1 aromatic heterocycles. The zero-order valence-electron chi connectivity index (χ0n) is 10.6. The Balaban J connectivity index is 2.30. The highest BCUT2D eigenvalue weighted by atomic mass is 79.9. The van der Waals surface area contributed by atoms with Crippen LogP contribution in [0.4, 0.5) is 5.69 Å². The monoisotopic (exact) mass is 353 g/mol. The minimum atomic E-state index is -0.638. The van der Waals surface area contributed by atoms with Crippen LogP contribution in [0.2, 0.25) is 0 Å². The molecule has 1 heterocycles. The van der Waals surface area contributed by atoms with Gasteiger partial charge in [0.2, 0.25) is 11.6 Å². The van der Waals surface area contributed by atoms with E-state index < -0.39 is 10.9 Å². The fourth-order valence-electron chi connectivity index (χ4n) is 1.43. The molecule has 21 heavy (non-hydrogen) atoms. The van der Waals surface area contributed by atoms with Gasteiger partial charge in [0, 0.05) is 6.07 Å². The zero-order chi connectivity index (χ0) is 15.4. The van der Waals surface area contributed by atoms with E-state index in [0.717, 1.165) is 6.20 Å². The molecule has 0 amide bonds. The molecular formula is C12H8BrN3O5. The van der Waals surface area contributed by atoms with Gasteiger partial charge in [-0.1, -0.05) is 6.07 Å². The highest BCUT2D eigenvalue weighted by Crippen LogP contribution is 2.37. The molecule has 1 aromatic carbocycles. The summed E-state index contributed by atoms with van der Waals surface area (Å²) in [4.78, 5) is 29.3. The van der Waals surface area contributed by atoms with Crippen LogP contribution in [0.15, 0.2) is 35.1 Å². The minimum Gasteiger partial charge on any atom is -0.464 e. The maximum Gasteiger partial charge on any atom is 0.358 e. The topological polar surface area (TPSA) is 104 Å². The number of nitro benzene ring substituents is 1. The molecule has 0 aliphatic heterocycles. The van der Waals surface area contributed by atoms with Crippen molar-refractivity contribution in [2.75, 3.05) is 7.11 Å². The Labute approximate surface area is 127 Å². The first kappa shape index (κ1) is 14.9. The number of benzene rings is 1. The van der Waals surface area contributed by atoms with Crippen molar-refractivity contribution in [3.05, 3.63) is 50.9 Å². The van der Waals surface area contributed by atoms with Gasteiger partial charge in [-0.15, -0.1) is 0 Å². The smallest absolute Gasteiger partial charge is 0.358 e. The number of esters is 1. The Kier molecular flexibility index (Phi) is 4.43. The minimum absolute atomic E-state index is 0.00242. The van der Waals surface area contributed by atoms with Gasteiger partial charge in [-0.2, -0.15) is 0 Å². The molecule has 0 atom stereocenters. The first-order valence-corrected chi connectivity index (χ1v) is 6.33. The predicted molar refractivity (Wildman–Crippen MR) is 74.2 cm³/mol. The second kappa shape index (κ2) is 6.27. The second-order valence-electron chi connectivity index (χ2n) is 3.68. The SMILES string of the molecule is COC(=O)c1cnc(Oc2c(Br)cccc2[N+](=O)[O-])cn1. The number of hydrogen-bond acceptors (Lipinski definition) is 7. The average Bonchev–Trinajstić information content (AvgIpc) is 2.49. The number of hydrogen-bond donors (Lipinski definition) is 0. The van der Waals surface area contributed by atoms with Crippen molar-refractivity contribution in [3.8, 4) is 11.6 Å². The molecule has 0 spiro atoms. The third-order valence-corrected chi connectivity index (χ3v) is 3.00. The number of methoxy groups -OCH3 is 1. The Morgan fingerprint density at radius 3 is 2.67 bits per heavy atom. The Bertz CT molecular complexity index is 690. The number of halogens is 1. The lowest BCUT2D eigenvalue weighted by molar-refractivity contribution is -0.385. The molecule has 0 saturated carbocycles. The summed E-state index contributed by atoms with van der Waals surface area (Å²) in [5.74, 6) is -0.624. The van der Waals surface area contributed by atoms with Crippen LogP contribution < -0.4 is 4.74 Å². The molecule has 8 nitrogen and oxygen atoms in total. The summed E-state index contributed by atoms with van der Waals surface area (Å²) >= 11 is 3.17. The van der Waals surface area contributed by atoms with Crippen LogP contribution >= 0.6 is 15.9 Å².